The number of aliphatic imine (C=N–C) groups is 1. The van der Waals surface area contributed by atoms with Gasteiger partial charge in [0, 0.05) is 11.9 Å². The minimum Gasteiger partial charge on any atom is -0.481 e. The Morgan fingerprint density at radius 3 is 2.31 bits per heavy atom. The smallest absolute Gasteiger partial charge is 0.262 e. The zero-order chi connectivity index (χ0) is 20.6. The van der Waals surface area contributed by atoms with Gasteiger partial charge in [-0.15, -0.1) is 0 Å². The summed E-state index contributed by atoms with van der Waals surface area (Å²) in [5.41, 5.74) is 3.53. The second-order valence-corrected chi connectivity index (χ2v) is 7.11. The highest BCUT2D eigenvalue weighted by molar-refractivity contribution is 6.37. The molecular weight excluding hydrogens is 407 g/mol. The van der Waals surface area contributed by atoms with E-state index < -0.39 is 0 Å². The molecule has 0 aliphatic rings. The molecule has 0 saturated carbocycles. The maximum Gasteiger partial charge on any atom is 0.262 e. The van der Waals surface area contributed by atoms with Crippen LogP contribution in [0.5, 0.6) is 5.75 Å². The van der Waals surface area contributed by atoms with Gasteiger partial charge in [-0.3, -0.25) is 9.79 Å². The Hall–Kier alpha value is -2.82. The van der Waals surface area contributed by atoms with Crippen LogP contribution < -0.4 is 10.1 Å². The lowest BCUT2D eigenvalue weighted by atomic mass is 10.1. The summed E-state index contributed by atoms with van der Waals surface area (Å²) in [7, 11) is 0. The molecule has 6 heteroatoms. The molecule has 148 valence electrons. The number of nitrogens with zero attached hydrogens (tertiary/aromatic N) is 1. The van der Waals surface area contributed by atoms with E-state index in [0.717, 1.165) is 17.7 Å². The van der Waals surface area contributed by atoms with Crippen LogP contribution in [0.1, 0.15) is 18.1 Å². The average Bonchev–Trinajstić information content (AvgIpc) is 2.72. The summed E-state index contributed by atoms with van der Waals surface area (Å²) >= 11 is 12.6. The van der Waals surface area contributed by atoms with Gasteiger partial charge in [-0.05, 0) is 53.9 Å². The Morgan fingerprint density at radius 2 is 1.69 bits per heavy atom. The van der Waals surface area contributed by atoms with Crippen molar-refractivity contribution >= 4 is 46.7 Å². The lowest BCUT2D eigenvalue weighted by Crippen LogP contribution is -2.20. The van der Waals surface area contributed by atoms with Gasteiger partial charge in [0.05, 0.1) is 15.7 Å². The van der Waals surface area contributed by atoms with Crippen molar-refractivity contribution in [3.63, 3.8) is 0 Å². The molecule has 0 aliphatic carbocycles. The van der Waals surface area contributed by atoms with Gasteiger partial charge in [0.1, 0.15) is 0 Å². The highest BCUT2D eigenvalue weighted by Crippen LogP contribution is 2.34. The first kappa shape index (κ1) is 20.9. The maximum atomic E-state index is 12.0. The number of nitrogens with one attached hydrogen (secondary N) is 1. The fraction of sp³-hybridized carbons (Fsp3) is 0.130. The number of hydrogen-bond donors (Lipinski definition) is 1. The summed E-state index contributed by atoms with van der Waals surface area (Å²) in [4.78, 5) is 16.5. The van der Waals surface area contributed by atoms with Crippen LogP contribution in [0.15, 0.2) is 71.7 Å². The van der Waals surface area contributed by atoms with Crippen LogP contribution >= 0.6 is 23.2 Å². The van der Waals surface area contributed by atoms with Gasteiger partial charge in [-0.25, -0.2) is 0 Å². The average molecular weight is 427 g/mol. The van der Waals surface area contributed by atoms with E-state index >= 15 is 0 Å². The topological polar surface area (TPSA) is 50.7 Å². The van der Waals surface area contributed by atoms with Gasteiger partial charge in [0.15, 0.2) is 12.4 Å². The first-order valence-corrected chi connectivity index (χ1v) is 9.90. The minimum absolute atomic E-state index is 0.203. The van der Waals surface area contributed by atoms with E-state index in [1.165, 1.54) is 5.56 Å². The summed E-state index contributed by atoms with van der Waals surface area (Å²) in [5.74, 6) is -0.0366. The quantitative estimate of drug-likeness (QED) is 0.449. The zero-order valence-corrected chi connectivity index (χ0v) is 17.4. The molecule has 0 spiro atoms. The predicted molar refractivity (Wildman–Crippen MR) is 120 cm³/mol. The molecule has 0 heterocycles. The number of halogens is 2. The highest BCUT2D eigenvalue weighted by Gasteiger charge is 2.12. The molecule has 29 heavy (non-hydrogen) atoms. The SMILES string of the molecule is CCc1ccc(N=Cc2cc(Cl)c(OCC(=O)Nc3ccccc3)c(Cl)c2)cc1. The predicted octanol–water partition coefficient (Wildman–Crippen LogP) is 6.32. The third-order valence-corrected chi connectivity index (χ3v) is 4.69. The molecular formula is C23H20Cl2N2O2. The summed E-state index contributed by atoms with van der Waals surface area (Å²) in [6.45, 7) is 1.91. The van der Waals surface area contributed by atoms with E-state index in [4.69, 9.17) is 27.9 Å². The number of carbonyl (C=O) groups excluding carboxylic acids is 1. The standard InChI is InChI=1S/C23H20Cl2N2O2/c1-2-16-8-10-18(11-9-16)26-14-17-12-20(24)23(21(25)13-17)29-15-22(28)27-19-6-4-3-5-7-19/h3-14H,2,15H2,1H3,(H,27,28). The molecule has 0 radical (unpaired) electrons. The van der Waals surface area contributed by atoms with Crippen molar-refractivity contribution in [1.82, 2.24) is 0 Å². The van der Waals surface area contributed by atoms with Crippen LogP contribution in [0.4, 0.5) is 11.4 Å². The number of aryl methyl sites for hydroxylation is 1. The normalized spacial score (nSPS) is 10.9. The van der Waals surface area contributed by atoms with Crippen LogP contribution in [0.3, 0.4) is 0 Å². The number of anilines is 1. The molecule has 0 bridgehead atoms. The van der Waals surface area contributed by atoms with Crippen molar-refractivity contribution in [2.45, 2.75) is 13.3 Å². The molecule has 0 fully saturated rings. The number of carbonyl (C=O) groups is 1. The van der Waals surface area contributed by atoms with Gasteiger partial charge < -0.3 is 10.1 Å². The van der Waals surface area contributed by atoms with E-state index in [9.17, 15) is 4.79 Å². The Bertz CT molecular complexity index is 980. The zero-order valence-electron chi connectivity index (χ0n) is 15.9. The highest BCUT2D eigenvalue weighted by atomic mass is 35.5. The van der Waals surface area contributed by atoms with Gasteiger partial charge in [-0.1, -0.05) is 60.5 Å². The van der Waals surface area contributed by atoms with Crippen LogP contribution in [-0.4, -0.2) is 18.7 Å². The number of para-hydroxylation sites is 1. The van der Waals surface area contributed by atoms with E-state index in [0.29, 0.717) is 15.7 Å². The molecule has 0 aromatic heterocycles. The second-order valence-electron chi connectivity index (χ2n) is 6.29. The first-order valence-electron chi connectivity index (χ1n) is 9.15. The Morgan fingerprint density at radius 1 is 1.03 bits per heavy atom. The van der Waals surface area contributed by atoms with E-state index in [2.05, 4.69) is 17.2 Å². The minimum atomic E-state index is -0.301. The lowest BCUT2D eigenvalue weighted by Gasteiger charge is -2.11. The Kier molecular flexibility index (Phi) is 7.28. The van der Waals surface area contributed by atoms with Crippen molar-refractivity contribution in [1.29, 1.82) is 0 Å². The van der Waals surface area contributed by atoms with Crippen LogP contribution in [0.2, 0.25) is 10.0 Å². The summed E-state index contributed by atoms with van der Waals surface area (Å²) in [6.07, 6.45) is 2.67. The van der Waals surface area contributed by atoms with Gasteiger partial charge >= 0.3 is 0 Å². The Balaban J connectivity index is 1.63. The number of benzene rings is 3. The molecule has 3 rings (SSSR count). The lowest BCUT2D eigenvalue weighted by molar-refractivity contribution is -0.118. The van der Waals surface area contributed by atoms with Crippen molar-refractivity contribution in [2.75, 3.05) is 11.9 Å². The third-order valence-electron chi connectivity index (χ3n) is 4.13. The molecule has 3 aromatic carbocycles. The van der Waals surface area contributed by atoms with E-state index in [-0.39, 0.29) is 18.3 Å². The monoisotopic (exact) mass is 426 g/mol. The number of ether oxygens (including phenoxy) is 1. The van der Waals surface area contributed by atoms with Crippen LogP contribution in [0.25, 0.3) is 0 Å². The first-order chi connectivity index (χ1) is 14.0. The largest absolute Gasteiger partial charge is 0.481 e. The molecule has 1 amide bonds. The van der Waals surface area contributed by atoms with E-state index in [1.54, 1.807) is 30.5 Å². The van der Waals surface area contributed by atoms with Crippen molar-refractivity contribution < 1.29 is 9.53 Å². The van der Waals surface area contributed by atoms with E-state index in [1.807, 2.05) is 42.5 Å². The number of amides is 1. The molecule has 0 saturated heterocycles. The van der Waals surface area contributed by atoms with Gasteiger partial charge in [0.2, 0.25) is 0 Å². The van der Waals surface area contributed by atoms with Crippen LogP contribution in [-0.2, 0) is 11.2 Å². The fourth-order valence-corrected chi connectivity index (χ4v) is 3.23. The van der Waals surface area contributed by atoms with Crippen molar-refractivity contribution in [3.8, 4) is 5.75 Å². The number of rotatable bonds is 7. The summed E-state index contributed by atoms with van der Waals surface area (Å²) < 4.78 is 5.52. The van der Waals surface area contributed by atoms with Gasteiger partial charge in [-0.2, -0.15) is 0 Å². The Labute approximate surface area is 180 Å². The fourth-order valence-electron chi connectivity index (χ4n) is 2.61. The van der Waals surface area contributed by atoms with Gasteiger partial charge in [0.25, 0.3) is 5.91 Å². The molecule has 1 N–H and O–H groups in total. The second kappa shape index (κ2) is 10.1. The molecule has 4 nitrogen and oxygen atoms in total. The maximum absolute atomic E-state index is 12.0. The molecule has 0 unspecified atom stereocenters. The summed E-state index contributed by atoms with van der Waals surface area (Å²) in [6, 6.07) is 20.5. The van der Waals surface area contributed by atoms with Crippen molar-refractivity contribution in [3.05, 3.63) is 87.9 Å². The molecule has 0 atom stereocenters. The third kappa shape index (κ3) is 6.08. The number of hydrogen-bond acceptors (Lipinski definition) is 3. The van der Waals surface area contributed by atoms with Crippen LogP contribution in [0, 0.1) is 0 Å². The summed E-state index contributed by atoms with van der Waals surface area (Å²) in [5, 5.41) is 3.36. The van der Waals surface area contributed by atoms with Crippen molar-refractivity contribution in [2.24, 2.45) is 4.99 Å². The molecule has 3 aromatic rings. The molecule has 0 aliphatic heterocycles.